The number of carbonyl (C=O) groups excluding carboxylic acids is 1. The van der Waals surface area contributed by atoms with Crippen LogP contribution < -0.4 is 4.74 Å². The van der Waals surface area contributed by atoms with Crippen LogP contribution in [0.1, 0.15) is 22.3 Å². The first-order valence-electron chi connectivity index (χ1n) is 9.38. The van der Waals surface area contributed by atoms with Crippen LogP contribution in [0.15, 0.2) is 70.7 Å². The van der Waals surface area contributed by atoms with Gasteiger partial charge in [-0.05, 0) is 42.3 Å². The van der Waals surface area contributed by atoms with E-state index >= 15 is 0 Å². The van der Waals surface area contributed by atoms with Crippen LogP contribution in [0.3, 0.4) is 0 Å². The van der Waals surface area contributed by atoms with Crippen LogP contribution in [0.5, 0.6) is 5.75 Å². The third kappa shape index (κ3) is 4.17. The first-order valence-corrected chi connectivity index (χ1v) is 10.9. The molecule has 0 saturated heterocycles. The quantitative estimate of drug-likeness (QED) is 0.348. The zero-order valence-corrected chi connectivity index (χ0v) is 17.3. The highest BCUT2D eigenvalue weighted by atomic mass is 32.2. The molecule has 2 aromatic carbocycles. The molecule has 158 valence electrons. The maximum atomic E-state index is 13.6. The Morgan fingerprint density at radius 3 is 2.55 bits per heavy atom. The van der Waals surface area contributed by atoms with E-state index in [0.717, 1.165) is 23.1 Å². The predicted molar refractivity (Wildman–Crippen MR) is 111 cm³/mol. The lowest BCUT2D eigenvalue weighted by molar-refractivity contribution is 0.0982. The van der Waals surface area contributed by atoms with Crippen LogP contribution in [0.25, 0.3) is 11.0 Å². The molecule has 0 spiro atoms. The first kappa shape index (κ1) is 20.7. The van der Waals surface area contributed by atoms with E-state index in [9.17, 15) is 17.6 Å². The zero-order valence-electron chi connectivity index (χ0n) is 16.5. The summed E-state index contributed by atoms with van der Waals surface area (Å²) in [6.45, 7) is 0. The molecule has 0 aliphatic rings. The summed E-state index contributed by atoms with van der Waals surface area (Å²) in [6.07, 6.45) is 3.82. The van der Waals surface area contributed by atoms with E-state index in [1.807, 2.05) is 0 Å². The number of hydrogen-bond acceptors (Lipinski definition) is 6. The van der Waals surface area contributed by atoms with Gasteiger partial charge in [-0.1, -0.05) is 12.1 Å². The number of fused-ring (bicyclic) bond motifs is 1. The number of aryl methyl sites for hydroxylation is 1. The number of Topliss-reactive ketones (excluding diaryl/α,β-unsaturated/α-hetero) is 1. The highest BCUT2D eigenvalue weighted by Crippen LogP contribution is 2.26. The monoisotopic (exact) mass is 439 g/mol. The molecule has 0 aliphatic carbocycles. The predicted octanol–water partition coefficient (Wildman–Crippen LogP) is 3.75. The molecular weight excluding hydrogens is 421 g/mol. The van der Waals surface area contributed by atoms with Crippen molar-refractivity contribution in [1.82, 2.24) is 15.2 Å². The van der Waals surface area contributed by atoms with Crippen molar-refractivity contribution in [1.29, 1.82) is 0 Å². The molecule has 9 heteroatoms. The molecule has 0 fully saturated rings. The Morgan fingerprint density at radius 1 is 1.06 bits per heavy atom. The molecular formula is C22H18FN3O4S. The van der Waals surface area contributed by atoms with Gasteiger partial charge in [0.05, 0.1) is 23.1 Å². The van der Waals surface area contributed by atoms with E-state index in [1.165, 1.54) is 31.5 Å². The van der Waals surface area contributed by atoms with E-state index in [0.29, 0.717) is 17.6 Å². The van der Waals surface area contributed by atoms with Gasteiger partial charge in [-0.2, -0.15) is 5.10 Å². The SMILES string of the molecule is COc1cc(S(=O)(=O)c2ccc(CCC(=O)c3cnc4[nH]ncc4c3)cc2)ccc1F. The van der Waals surface area contributed by atoms with E-state index in [-0.39, 0.29) is 27.7 Å². The lowest BCUT2D eigenvalue weighted by Gasteiger charge is -2.08. The average Bonchev–Trinajstić information content (AvgIpc) is 3.26. The molecule has 7 nitrogen and oxygen atoms in total. The number of methoxy groups -OCH3 is 1. The van der Waals surface area contributed by atoms with E-state index in [1.54, 1.807) is 24.4 Å². The Kier molecular flexibility index (Phi) is 5.51. The molecule has 0 bridgehead atoms. The number of aromatic amines is 1. The normalized spacial score (nSPS) is 11.5. The van der Waals surface area contributed by atoms with Gasteiger partial charge in [-0.25, -0.2) is 17.8 Å². The number of sulfone groups is 1. The maximum absolute atomic E-state index is 13.6. The molecule has 2 heterocycles. The average molecular weight is 439 g/mol. The van der Waals surface area contributed by atoms with Gasteiger partial charge in [-0.3, -0.25) is 9.89 Å². The van der Waals surface area contributed by atoms with Crippen LogP contribution in [-0.4, -0.2) is 36.5 Å². The molecule has 1 N–H and O–H groups in total. The van der Waals surface area contributed by atoms with Crippen LogP contribution in [0, 0.1) is 5.82 Å². The van der Waals surface area contributed by atoms with Gasteiger partial charge >= 0.3 is 0 Å². The summed E-state index contributed by atoms with van der Waals surface area (Å²) in [5.74, 6) is -0.839. The molecule has 0 unspecified atom stereocenters. The van der Waals surface area contributed by atoms with Crippen molar-refractivity contribution in [3.05, 3.63) is 77.9 Å². The fourth-order valence-corrected chi connectivity index (χ4v) is 4.45. The molecule has 4 rings (SSSR count). The largest absolute Gasteiger partial charge is 0.494 e. The van der Waals surface area contributed by atoms with Crippen molar-refractivity contribution in [3.8, 4) is 5.75 Å². The Morgan fingerprint density at radius 2 is 1.81 bits per heavy atom. The molecule has 0 saturated carbocycles. The Bertz CT molecular complexity index is 1370. The minimum atomic E-state index is -3.83. The van der Waals surface area contributed by atoms with Gasteiger partial charge in [0.25, 0.3) is 0 Å². The minimum absolute atomic E-state index is 0.0594. The van der Waals surface area contributed by atoms with Gasteiger partial charge in [0.15, 0.2) is 23.0 Å². The van der Waals surface area contributed by atoms with E-state index < -0.39 is 15.7 Å². The Balaban J connectivity index is 1.47. The van der Waals surface area contributed by atoms with Crippen LogP contribution in [0.2, 0.25) is 0 Å². The first-order chi connectivity index (χ1) is 14.9. The van der Waals surface area contributed by atoms with Gasteiger partial charge in [0, 0.05) is 29.6 Å². The lowest BCUT2D eigenvalue weighted by atomic mass is 10.0. The number of nitrogens with zero attached hydrogens (tertiary/aromatic N) is 2. The van der Waals surface area contributed by atoms with Gasteiger partial charge in [0.2, 0.25) is 9.84 Å². The number of pyridine rings is 1. The summed E-state index contributed by atoms with van der Waals surface area (Å²) >= 11 is 0. The number of ketones is 1. The van der Waals surface area contributed by atoms with Crippen molar-refractivity contribution < 1.29 is 22.3 Å². The van der Waals surface area contributed by atoms with Crippen molar-refractivity contribution in [3.63, 3.8) is 0 Å². The molecule has 0 radical (unpaired) electrons. The third-order valence-electron chi connectivity index (χ3n) is 4.92. The molecule has 0 aliphatic heterocycles. The minimum Gasteiger partial charge on any atom is -0.494 e. The van der Waals surface area contributed by atoms with E-state index in [4.69, 9.17) is 4.74 Å². The van der Waals surface area contributed by atoms with Crippen molar-refractivity contribution >= 4 is 26.7 Å². The number of rotatable bonds is 7. The maximum Gasteiger partial charge on any atom is 0.206 e. The number of H-pyrrole nitrogens is 1. The molecule has 0 amide bonds. The summed E-state index contributed by atoms with van der Waals surface area (Å²) in [6, 6.07) is 11.4. The number of benzene rings is 2. The summed E-state index contributed by atoms with van der Waals surface area (Å²) < 4.78 is 44.1. The van der Waals surface area contributed by atoms with Crippen molar-refractivity contribution in [2.75, 3.05) is 7.11 Å². The number of carbonyl (C=O) groups is 1. The van der Waals surface area contributed by atoms with Gasteiger partial charge < -0.3 is 4.74 Å². The number of aromatic nitrogens is 3. The zero-order chi connectivity index (χ0) is 22.0. The fourth-order valence-electron chi connectivity index (χ4n) is 3.17. The van der Waals surface area contributed by atoms with Crippen LogP contribution in [-0.2, 0) is 16.3 Å². The highest BCUT2D eigenvalue weighted by Gasteiger charge is 2.20. The second kappa shape index (κ2) is 8.27. The smallest absolute Gasteiger partial charge is 0.206 e. The molecule has 0 atom stereocenters. The topological polar surface area (TPSA) is 102 Å². The number of nitrogens with one attached hydrogen (secondary N) is 1. The van der Waals surface area contributed by atoms with Crippen LogP contribution in [0.4, 0.5) is 4.39 Å². The standard InChI is InChI=1S/C22H18FN3O4S/c1-30-21-11-18(7-8-19(21)23)31(28,29)17-5-2-14(3-6-17)4-9-20(27)15-10-16-13-25-26-22(16)24-12-15/h2-3,5-8,10-13H,4,9H2,1H3,(H,24,25,26). The summed E-state index contributed by atoms with van der Waals surface area (Å²) in [7, 11) is -2.55. The van der Waals surface area contributed by atoms with Crippen molar-refractivity contribution in [2.24, 2.45) is 0 Å². The van der Waals surface area contributed by atoms with Crippen molar-refractivity contribution in [2.45, 2.75) is 22.6 Å². The summed E-state index contributed by atoms with van der Waals surface area (Å²) in [4.78, 5) is 16.7. The summed E-state index contributed by atoms with van der Waals surface area (Å²) in [5.41, 5.74) is 1.94. The molecule has 4 aromatic rings. The van der Waals surface area contributed by atoms with E-state index in [2.05, 4.69) is 15.2 Å². The lowest BCUT2D eigenvalue weighted by Crippen LogP contribution is -2.04. The Labute approximate surface area is 177 Å². The second-order valence-corrected chi connectivity index (χ2v) is 8.85. The molecule has 31 heavy (non-hydrogen) atoms. The number of hydrogen-bond donors (Lipinski definition) is 1. The fraction of sp³-hybridized carbons (Fsp3) is 0.136. The third-order valence-corrected chi connectivity index (χ3v) is 6.69. The second-order valence-electron chi connectivity index (χ2n) is 6.90. The summed E-state index contributed by atoms with van der Waals surface area (Å²) in [5, 5.41) is 7.38. The van der Waals surface area contributed by atoms with Gasteiger partial charge in [-0.15, -0.1) is 0 Å². The number of halogens is 1. The van der Waals surface area contributed by atoms with Crippen LogP contribution >= 0.6 is 0 Å². The number of ether oxygens (including phenoxy) is 1. The molecule has 2 aromatic heterocycles. The highest BCUT2D eigenvalue weighted by molar-refractivity contribution is 7.91. The Hall–Kier alpha value is -3.59. The van der Waals surface area contributed by atoms with Gasteiger partial charge in [0.1, 0.15) is 0 Å².